The zero-order chi connectivity index (χ0) is 13.5. The van der Waals surface area contributed by atoms with Crippen LogP contribution in [0.3, 0.4) is 0 Å². The van der Waals surface area contributed by atoms with Gasteiger partial charge in [-0.15, -0.1) is 0 Å². The van der Waals surface area contributed by atoms with Crippen molar-refractivity contribution in [3.05, 3.63) is 24.0 Å². The summed E-state index contributed by atoms with van der Waals surface area (Å²) in [6.45, 7) is 5.47. The lowest BCUT2D eigenvalue weighted by atomic mass is 10.1. The van der Waals surface area contributed by atoms with Crippen LogP contribution >= 0.6 is 0 Å². The van der Waals surface area contributed by atoms with Crippen LogP contribution < -0.4 is 5.32 Å². The Kier molecular flexibility index (Phi) is 2.84. The zero-order valence-electron chi connectivity index (χ0n) is 10.6. The standard InChI is InChI=1S/C13H16N2O3/c1-7-4-8(6-14-5-7)15-11(16)9-10(12(17)18)13(9,2)3/h4-6,9-10H,1-3H3,(H,15,16)(H,17,18). The van der Waals surface area contributed by atoms with E-state index in [0.29, 0.717) is 5.69 Å². The largest absolute Gasteiger partial charge is 0.481 e. The van der Waals surface area contributed by atoms with Crippen LogP contribution in [0.2, 0.25) is 0 Å². The second kappa shape index (κ2) is 4.08. The first kappa shape index (κ1) is 12.5. The molecule has 1 heterocycles. The normalized spacial score (nSPS) is 24.4. The zero-order valence-corrected chi connectivity index (χ0v) is 10.6. The van der Waals surface area contributed by atoms with E-state index < -0.39 is 23.2 Å². The summed E-state index contributed by atoms with van der Waals surface area (Å²) >= 11 is 0. The number of carbonyl (C=O) groups excluding carboxylic acids is 1. The molecule has 2 unspecified atom stereocenters. The Bertz CT molecular complexity index is 511. The molecule has 1 aliphatic rings. The van der Waals surface area contributed by atoms with Crippen molar-refractivity contribution in [3.63, 3.8) is 0 Å². The second-order valence-electron chi connectivity index (χ2n) is 5.36. The summed E-state index contributed by atoms with van der Waals surface area (Å²) in [5, 5.41) is 11.7. The van der Waals surface area contributed by atoms with Crippen molar-refractivity contribution in [1.29, 1.82) is 0 Å². The molecule has 96 valence electrons. The van der Waals surface area contributed by atoms with Crippen molar-refractivity contribution in [3.8, 4) is 0 Å². The lowest BCUT2D eigenvalue weighted by Crippen LogP contribution is -2.17. The Morgan fingerprint density at radius 1 is 1.33 bits per heavy atom. The lowest BCUT2D eigenvalue weighted by molar-refractivity contribution is -0.140. The molecule has 2 N–H and O–H groups in total. The highest BCUT2D eigenvalue weighted by molar-refractivity contribution is 5.99. The van der Waals surface area contributed by atoms with Crippen LogP contribution in [0.5, 0.6) is 0 Å². The van der Waals surface area contributed by atoms with Gasteiger partial charge in [0, 0.05) is 6.20 Å². The minimum absolute atomic E-state index is 0.250. The van der Waals surface area contributed by atoms with E-state index in [4.69, 9.17) is 5.11 Å². The monoisotopic (exact) mass is 248 g/mol. The Morgan fingerprint density at radius 2 is 2.00 bits per heavy atom. The van der Waals surface area contributed by atoms with E-state index in [9.17, 15) is 9.59 Å². The molecule has 1 aromatic heterocycles. The van der Waals surface area contributed by atoms with Gasteiger partial charge in [-0.3, -0.25) is 14.6 Å². The predicted molar refractivity (Wildman–Crippen MR) is 66.0 cm³/mol. The van der Waals surface area contributed by atoms with E-state index in [1.54, 1.807) is 32.3 Å². The van der Waals surface area contributed by atoms with Crippen molar-refractivity contribution in [2.75, 3.05) is 5.32 Å². The molecular formula is C13H16N2O3. The van der Waals surface area contributed by atoms with Crippen molar-refractivity contribution in [2.24, 2.45) is 17.3 Å². The number of hydrogen-bond acceptors (Lipinski definition) is 3. The molecule has 0 radical (unpaired) electrons. The SMILES string of the molecule is Cc1cncc(NC(=O)C2C(C(=O)O)C2(C)C)c1. The Labute approximate surface area is 105 Å². The molecule has 1 saturated carbocycles. The number of rotatable bonds is 3. The first-order valence-corrected chi connectivity index (χ1v) is 5.79. The molecule has 5 nitrogen and oxygen atoms in total. The molecule has 18 heavy (non-hydrogen) atoms. The molecule has 1 amide bonds. The minimum atomic E-state index is -0.914. The molecule has 2 rings (SSSR count). The third-order valence-corrected chi connectivity index (χ3v) is 3.52. The third kappa shape index (κ3) is 2.08. The van der Waals surface area contributed by atoms with E-state index in [-0.39, 0.29) is 5.91 Å². The number of aromatic nitrogens is 1. The van der Waals surface area contributed by atoms with E-state index in [1.807, 2.05) is 6.92 Å². The van der Waals surface area contributed by atoms with E-state index in [2.05, 4.69) is 10.3 Å². The minimum Gasteiger partial charge on any atom is -0.481 e. The summed E-state index contributed by atoms with van der Waals surface area (Å²) < 4.78 is 0. The number of carboxylic acids is 1. The summed E-state index contributed by atoms with van der Waals surface area (Å²) in [5.74, 6) is -2.24. The van der Waals surface area contributed by atoms with Crippen molar-refractivity contribution in [2.45, 2.75) is 20.8 Å². The van der Waals surface area contributed by atoms with Gasteiger partial charge in [-0.2, -0.15) is 0 Å². The molecule has 1 fully saturated rings. The summed E-state index contributed by atoms with van der Waals surface area (Å²) in [7, 11) is 0. The Balaban J connectivity index is 2.08. The molecule has 5 heteroatoms. The predicted octanol–water partition coefficient (Wildman–Crippen LogP) is 1.69. The Hall–Kier alpha value is -1.91. The summed E-state index contributed by atoms with van der Waals surface area (Å²) in [5.41, 5.74) is 1.07. The number of anilines is 1. The first-order chi connectivity index (χ1) is 8.34. The highest BCUT2D eigenvalue weighted by Gasteiger charge is 2.65. The molecule has 0 bridgehead atoms. The number of carbonyl (C=O) groups is 2. The topological polar surface area (TPSA) is 79.3 Å². The van der Waals surface area contributed by atoms with Crippen molar-refractivity contribution in [1.82, 2.24) is 4.98 Å². The van der Waals surface area contributed by atoms with Gasteiger partial charge in [-0.25, -0.2) is 0 Å². The van der Waals surface area contributed by atoms with Crippen molar-refractivity contribution >= 4 is 17.6 Å². The third-order valence-electron chi connectivity index (χ3n) is 3.52. The maximum Gasteiger partial charge on any atom is 0.307 e. The van der Waals surface area contributed by atoms with Crippen LogP contribution in [0.25, 0.3) is 0 Å². The highest BCUT2D eigenvalue weighted by atomic mass is 16.4. The van der Waals surface area contributed by atoms with Gasteiger partial charge in [0.15, 0.2) is 0 Å². The molecule has 1 aliphatic carbocycles. The van der Waals surface area contributed by atoms with Crippen LogP contribution in [0.15, 0.2) is 18.5 Å². The van der Waals surface area contributed by atoms with Gasteiger partial charge in [0.25, 0.3) is 0 Å². The average molecular weight is 248 g/mol. The summed E-state index contributed by atoms with van der Waals surface area (Å²) in [6.07, 6.45) is 3.24. The van der Waals surface area contributed by atoms with Gasteiger partial charge in [-0.05, 0) is 24.0 Å². The van der Waals surface area contributed by atoms with E-state index in [1.165, 1.54) is 0 Å². The molecule has 0 saturated heterocycles. The van der Waals surface area contributed by atoms with Crippen molar-refractivity contribution < 1.29 is 14.7 Å². The lowest BCUT2D eigenvalue weighted by Gasteiger charge is -2.06. The highest BCUT2D eigenvalue weighted by Crippen LogP contribution is 2.58. The van der Waals surface area contributed by atoms with Crippen LogP contribution in [-0.4, -0.2) is 22.0 Å². The number of pyridine rings is 1. The van der Waals surface area contributed by atoms with E-state index >= 15 is 0 Å². The number of nitrogens with zero attached hydrogens (tertiary/aromatic N) is 1. The fraction of sp³-hybridized carbons (Fsp3) is 0.462. The molecule has 2 atom stereocenters. The average Bonchev–Trinajstić information content (AvgIpc) is 2.81. The number of nitrogens with one attached hydrogen (secondary N) is 1. The van der Waals surface area contributed by atoms with Crippen LogP contribution in [0.4, 0.5) is 5.69 Å². The van der Waals surface area contributed by atoms with Gasteiger partial charge in [0.2, 0.25) is 5.91 Å². The molecule has 0 aliphatic heterocycles. The number of aryl methyl sites for hydroxylation is 1. The van der Waals surface area contributed by atoms with Gasteiger partial charge in [0.1, 0.15) is 0 Å². The van der Waals surface area contributed by atoms with Crippen LogP contribution in [0.1, 0.15) is 19.4 Å². The molecule has 0 spiro atoms. The van der Waals surface area contributed by atoms with Gasteiger partial charge >= 0.3 is 5.97 Å². The quantitative estimate of drug-likeness (QED) is 0.853. The smallest absolute Gasteiger partial charge is 0.307 e. The van der Waals surface area contributed by atoms with E-state index in [0.717, 1.165) is 5.56 Å². The van der Waals surface area contributed by atoms with Gasteiger partial charge in [-0.1, -0.05) is 13.8 Å². The fourth-order valence-corrected chi connectivity index (χ4v) is 2.43. The number of amides is 1. The van der Waals surface area contributed by atoms with Gasteiger partial charge < -0.3 is 10.4 Å². The Morgan fingerprint density at radius 3 is 2.50 bits per heavy atom. The molecule has 0 aromatic carbocycles. The molecular weight excluding hydrogens is 232 g/mol. The summed E-state index contributed by atoms with van der Waals surface area (Å²) in [4.78, 5) is 27.0. The molecule has 1 aromatic rings. The number of aliphatic carboxylic acids is 1. The maximum atomic E-state index is 12.0. The fourth-order valence-electron chi connectivity index (χ4n) is 2.43. The number of hydrogen-bond donors (Lipinski definition) is 2. The van der Waals surface area contributed by atoms with Gasteiger partial charge in [0.05, 0.1) is 23.7 Å². The maximum absolute atomic E-state index is 12.0. The first-order valence-electron chi connectivity index (χ1n) is 5.79. The second-order valence-corrected chi connectivity index (χ2v) is 5.36. The number of carboxylic acid groups (broad SMARTS) is 1. The summed E-state index contributed by atoms with van der Waals surface area (Å²) in [6, 6.07) is 1.80. The van der Waals surface area contributed by atoms with Crippen LogP contribution in [0, 0.1) is 24.2 Å². The van der Waals surface area contributed by atoms with Crippen LogP contribution in [-0.2, 0) is 9.59 Å².